The number of hydrogen-bond acceptors (Lipinski definition) is 4. The summed E-state index contributed by atoms with van der Waals surface area (Å²) in [5, 5.41) is 4.53. The number of nitrogens with zero attached hydrogens (tertiary/aromatic N) is 5. The van der Waals surface area contributed by atoms with E-state index in [-0.39, 0.29) is 5.41 Å². The Morgan fingerprint density at radius 3 is 2.93 bits per heavy atom. The first kappa shape index (κ1) is 18.2. The summed E-state index contributed by atoms with van der Waals surface area (Å²) in [7, 11) is 0. The number of rotatable bonds is 4. The number of aromatic nitrogens is 4. The molecule has 2 aromatic rings. The molecule has 0 saturated heterocycles. The minimum absolute atomic E-state index is 0.125. The van der Waals surface area contributed by atoms with Crippen LogP contribution in [0.3, 0.4) is 0 Å². The van der Waals surface area contributed by atoms with Gasteiger partial charge in [0.05, 0.1) is 25.0 Å². The molecule has 152 valence electrons. The molecule has 3 aliphatic rings. The molecule has 3 unspecified atom stereocenters. The maximum absolute atomic E-state index is 5.91. The molecule has 6 nitrogen and oxygen atoms in total. The summed E-state index contributed by atoms with van der Waals surface area (Å²) >= 11 is 0. The molecule has 3 atom stereocenters. The van der Waals surface area contributed by atoms with E-state index in [4.69, 9.17) is 9.72 Å². The number of hydrogen-bond donors (Lipinski definition) is 0. The van der Waals surface area contributed by atoms with Crippen molar-refractivity contribution < 1.29 is 4.74 Å². The number of imidazole rings is 1. The second-order valence-corrected chi connectivity index (χ2v) is 9.99. The fraction of sp³-hybridized carbons (Fsp3) is 0.727. The molecule has 0 radical (unpaired) electrons. The molecule has 1 saturated carbocycles. The van der Waals surface area contributed by atoms with Gasteiger partial charge in [-0.15, -0.1) is 0 Å². The van der Waals surface area contributed by atoms with E-state index in [0.717, 1.165) is 57.0 Å². The Bertz CT molecular complexity index is 861. The van der Waals surface area contributed by atoms with Crippen LogP contribution in [0.25, 0.3) is 0 Å². The molecule has 4 heterocycles. The van der Waals surface area contributed by atoms with Crippen LogP contribution in [0, 0.1) is 5.92 Å². The van der Waals surface area contributed by atoms with Gasteiger partial charge in [0.2, 0.25) is 5.88 Å². The predicted molar refractivity (Wildman–Crippen MR) is 109 cm³/mol. The summed E-state index contributed by atoms with van der Waals surface area (Å²) in [5.41, 5.74) is 2.64. The highest BCUT2D eigenvalue weighted by Gasteiger charge is 2.44. The molecule has 0 spiro atoms. The van der Waals surface area contributed by atoms with E-state index >= 15 is 0 Å². The highest BCUT2D eigenvalue weighted by Crippen LogP contribution is 2.45. The molecule has 5 rings (SSSR count). The van der Waals surface area contributed by atoms with Gasteiger partial charge in [0.15, 0.2) is 0 Å². The topological polar surface area (TPSA) is 48.1 Å². The van der Waals surface area contributed by atoms with Crippen LogP contribution in [0.2, 0.25) is 0 Å². The van der Waals surface area contributed by atoms with E-state index in [9.17, 15) is 0 Å². The van der Waals surface area contributed by atoms with Crippen molar-refractivity contribution in [1.29, 1.82) is 0 Å². The Morgan fingerprint density at radius 1 is 1.25 bits per heavy atom. The van der Waals surface area contributed by atoms with Crippen LogP contribution in [0.4, 0.5) is 0 Å². The van der Waals surface area contributed by atoms with Gasteiger partial charge in [0.25, 0.3) is 0 Å². The molecule has 0 N–H and O–H groups in total. The van der Waals surface area contributed by atoms with Gasteiger partial charge in [-0.25, -0.2) is 9.67 Å². The minimum Gasteiger partial charge on any atom is -0.478 e. The average molecular weight is 384 g/mol. The summed E-state index contributed by atoms with van der Waals surface area (Å²) < 4.78 is 10.3. The monoisotopic (exact) mass is 383 g/mol. The highest BCUT2D eigenvalue weighted by molar-refractivity contribution is 5.29. The van der Waals surface area contributed by atoms with Crippen LogP contribution in [0.5, 0.6) is 5.88 Å². The van der Waals surface area contributed by atoms with Crippen LogP contribution in [0.1, 0.15) is 70.0 Å². The lowest BCUT2D eigenvalue weighted by Gasteiger charge is -2.28. The zero-order valence-electron chi connectivity index (χ0n) is 17.7. The van der Waals surface area contributed by atoms with E-state index in [1.165, 1.54) is 29.9 Å². The zero-order chi connectivity index (χ0) is 19.5. The van der Waals surface area contributed by atoms with Crippen molar-refractivity contribution in [3.63, 3.8) is 0 Å². The SMILES string of the molecule is CC(CC1CC1N1CCn2cc(C(C)(C)C)nc2C1)c1cnn2c1OCCC2. The van der Waals surface area contributed by atoms with E-state index < -0.39 is 0 Å². The van der Waals surface area contributed by atoms with Crippen LogP contribution in [0.15, 0.2) is 12.4 Å². The molecule has 2 aromatic heterocycles. The third-order valence-electron chi connectivity index (χ3n) is 6.71. The van der Waals surface area contributed by atoms with Crippen LogP contribution in [-0.2, 0) is 25.0 Å². The number of ether oxygens (including phenoxy) is 1. The Balaban J connectivity index is 1.21. The van der Waals surface area contributed by atoms with Gasteiger partial charge in [-0.2, -0.15) is 5.10 Å². The van der Waals surface area contributed by atoms with Crippen LogP contribution in [-0.4, -0.2) is 43.4 Å². The van der Waals surface area contributed by atoms with E-state index in [1.807, 2.05) is 10.9 Å². The lowest BCUT2D eigenvalue weighted by Crippen LogP contribution is -2.36. The third-order valence-corrected chi connectivity index (χ3v) is 6.71. The molecule has 0 bridgehead atoms. The first-order valence-electron chi connectivity index (χ1n) is 10.9. The summed E-state index contributed by atoms with van der Waals surface area (Å²) in [6, 6.07) is 0.721. The Labute approximate surface area is 167 Å². The van der Waals surface area contributed by atoms with Crippen molar-refractivity contribution in [1.82, 2.24) is 24.2 Å². The van der Waals surface area contributed by atoms with Crippen LogP contribution >= 0.6 is 0 Å². The summed E-state index contributed by atoms with van der Waals surface area (Å²) in [6.45, 7) is 14.1. The molecular formula is C22H33N5O. The van der Waals surface area contributed by atoms with Crippen molar-refractivity contribution in [3.05, 3.63) is 29.5 Å². The fourth-order valence-corrected chi connectivity index (χ4v) is 4.86. The highest BCUT2D eigenvalue weighted by atomic mass is 16.5. The molecular weight excluding hydrogens is 350 g/mol. The molecule has 2 aliphatic heterocycles. The second kappa shape index (κ2) is 6.61. The molecule has 1 fully saturated rings. The maximum Gasteiger partial charge on any atom is 0.215 e. The quantitative estimate of drug-likeness (QED) is 0.810. The average Bonchev–Trinajstić information content (AvgIpc) is 3.10. The summed E-state index contributed by atoms with van der Waals surface area (Å²) in [6.07, 6.45) is 7.91. The normalized spacial score (nSPS) is 25.7. The van der Waals surface area contributed by atoms with Gasteiger partial charge in [-0.1, -0.05) is 27.7 Å². The number of aryl methyl sites for hydroxylation is 1. The van der Waals surface area contributed by atoms with Gasteiger partial charge in [0, 0.05) is 49.3 Å². The Kier molecular flexibility index (Phi) is 4.30. The van der Waals surface area contributed by atoms with Crippen molar-refractivity contribution in [3.8, 4) is 5.88 Å². The van der Waals surface area contributed by atoms with Gasteiger partial charge < -0.3 is 9.30 Å². The molecule has 0 aromatic carbocycles. The minimum atomic E-state index is 0.125. The molecule has 1 aliphatic carbocycles. The predicted octanol–water partition coefficient (Wildman–Crippen LogP) is 3.56. The van der Waals surface area contributed by atoms with Crippen molar-refractivity contribution in [2.24, 2.45) is 5.92 Å². The Morgan fingerprint density at radius 2 is 2.11 bits per heavy atom. The van der Waals surface area contributed by atoms with E-state index in [1.54, 1.807) is 0 Å². The smallest absolute Gasteiger partial charge is 0.215 e. The van der Waals surface area contributed by atoms with E-state index in [0.29, 0.717) is 5.92 Å². The molecule has 28 heavy (non-hydrogen) atoms. The molecule has 0 amide bonds. The molecule has 6 heteroatoms. The van der Waals surface area contributed by atoms with E-state index in [2.05, 4.69) is 48.5 Å². The standard InChI is InChI=1S/C22H33N5O/c1-15(17-12-23-27-6-5-9-28-21(17)27)10-16-11-18(16)25-7-8-26-13-19(22(2,3)4)24-20(26)14-25/h12-13,15-16,18H,5-11,14H2,1-4H3. The van der Waals surface area contributed by atoms with Gasteiger partial charge in [0.1, 0.15) is 5.82 Å². The van der Waals surface area contributed by atoms with Gasteiger partial charge >= 0.3 is 0 Å². The third kappa shape index (κ3) is 3.25. The van der Waals surface area contributed by atoms with Gasteiger partial charge in [-0.05, 0) is 24.7 Å². The second-order valence-electron chi connectivity index (χ2n) is 9.99. The largest absolute Gasteiger partial charge is 0.478 e. The lowest BCUT2D eigenvalue weighted by molar-refractivity contribution is 0.195. The summed E-state index contributed by atoms with van der Waals surface area (Å²) in [4.78, 5) is 7.61. The maximum atomic E-state index is 5.91. The van der Waals surface area contributed by atoms with Crippen LogP contribution < -0.4 is 4.74 Å². The fourth-order valence-electron chi connectivity index (χ4n) is 4.86. The van der Waals surface area contributed by atoms with Crippen molar-refractivity contribution in [2.45, 2.75) is 84.0 Å². The van der Waals surface area contributed by atoms with Crippen molar-refractivity contribution >= 4 is 0 Å². The zero-order valence-corrected chi connectivity index (χ0v) is 17.7. The lowest BCUT2D eigenvalue weighted by atomic mass is 9.93. The van der Waals surface area contributed by atoms with Crippen molar-refractivity contribution in [2.75, 3.05) is 13.2 Å². The first-order valence-corrected chi connectivity index (χ1v) is 10.9. The van der Waals surface area contributed by atoms with Gasteiger partial charge in [-0.3, -0.25) is 4.90 Å². The first-order chi connectivity index (χ1) is 13.4. The number of fused-ring (bicyclic) bond motifs is 2. The Hall–Kier alpha value is -1.82. The summed E-state index contributed by atoms with van der Waals surface area (Å²) in [5.74, 6) is 3.56.